The molecule has 0 saturated carbocycles. The zero-order valence-corrected chi connectivity index (χ0v) is 13.3. The van der Waals surface area contributed by atoms with Crippen molar-refractivity contribution < 1.29 is 9.15 Å². The van der Waals surface area contributed by atoms with Gasteiger partial charge in [0.15, 0.2) is 0 Å². The van der Waals surface area contributed by atoms with Crippen LogP contribution in [0.4, 0.5) is 0 Å². The molecule has 2 aromatic heterocycles. The Morgan fingerprint density at radius 1 is 0.913 bits per heavy atom. The van der Waals surface area contributed by atoms with Gasteiger partial charge in [0.1, 0.15) is 22.7 Å². The van der Waals surface area contributed by atoms with Gasteiger partial charge in [-0.05, 0) is 56.2 Å². The van der Waals surface area contributed by atoms with Gasteiger partial charge in [-0.15, -0.1) is 0 Å². The van der Waals surface area contributed by atoms with E-state index in [-0.39, 0.29) is 0 Å². The molecule has 0 unspecified atom stereocenters. The third kappa shape index (κ3) is 2.32. The third-order valence-corrected chi connectivity index (χ3v) is 3.99. The number of benzene rings is 2. The molecule has 4 aromatic rings. The normalized spacial score (nSPS) is 11.3. The number of rotatable bonds is 2. The Bertz CT molecular complexity index is 1030. The van der Waals surface area contributed by atoms with E-state index in [9.17, 15) is 0 Å². The molecule has 0 N–H and O–H groups in total. The zero-order chi connectivity index (χ0) is 16.0. The lowest BCUT2D eigenvalue weighted by Gasteiger charge is -2.07. The number of ether oxygens (including phenoxy) is 1. The van der Waals surface area contributed by atoms with E-state index in [1.807, 2.05) is 49.4 Å². The number of aryl methyl sites for hydroxylation is 3. The summed E-state index contributed by atoms with van der Waals surface area (Å²) < 4.78 is 11.9. The average Bonchev–Trinajstić information content (AvgIpc) is 2.90. The molecule has 0 fully saturated rings. The monoisotopic (exact) mass is 304 g/mol. The maximum absolute atomic E-state index is 5.99. The smallest absolute Gasteiger partial charge is 0.267 e. The first-order valence-corrected chi connectivity index (χ1v) is 7.53. The third-order valence-electron chi connectivity index (χ3n) is 3.99. The van der Waals surface area contributed by atoms with Gasteiger partial charge in [-0.1, -0.05) is 18.2 Å². The van der Waals surface area contributed by atoms with Gasteiger partial charge in [-0.3, -0.25) is 0 Å². The van der Waals surface area contributed by atoms with E-state index in [1.165, 1.54) is 11.1 Å². The molecule has 4 heteroatoms. The van der Waals surface area contributed by atoms with Crippen molar-refractivity contribution in [1.82, 2.24) is 9.97 Å². The second-order valence-electron chi connectivity index (χ2n) is 5.70. The molecule has 4 nitrogen and oxygen atoms in total. The highest BCUT2D eigenvalue weighted by atomic mass is 16.5. The molecule has 0 atom stereocenters. The molecule has 23 heavy (non-hydrogen) atoms. The number of nitrogens with zero attached hydrogens (tertiary/aromatic N) is 2. The van der Waals surface area contributed by atoms with E-state index < -0.39 is 0 Å². The molecule has 0 aliphatic carbocycles. The van der Waals surface area contributed by atoms with Crippen LogP contribution in [0.3, 0.4) is 0 Å². The van der Waals surface area contributed by atoms with E-state index in [0.29, 0.717) is 17.3 Å². The van der Waals surface area contributed by atoms with E-state index in [4.69, 9.17) is 9.15 Å². The van der Waals surface area contributed by atoms with Crippen molar-refractivity contribution >= 4 is 22.1 Å². The molecule has 0 radical (unpaired) electrons. The van der Waals surface area contributed by atoms with Crippen molar-refractivity contribution in [3.63, 3.8) is 0 Å². The summed E-state index contributed by atoms with van der Waals surface area (Å²) in [5.41, 5.74) is 4.55. The summed E-state index contributed by atoms with van der Waals surface area (Å²) in [5, 5.41) is 0.970. The second kappa shape index (κ2) is 5.09. The molecule has 0 aliphatic heterocycles. The molecule has 0 amide bonds. The topological polar surface area (TPSA) is 48.2 Å². The number of hydrogen-bond acceptors (Lipinski definition) is 4. The van der Waals surface area contributed by atoms with Crippen LogP contribution in [0.1, 0.15) is 17.0 Å². The van der Waals surface area contributed by atoms with Crippen LogP contribution in [0.25, 0.3) is 22.1 Å². The van der Waals surface area contributed by atoms with Crippen molar-refractivity contribution in [2.75, 3.05) is 0 Å². The fourth-order valence-corrected chi connectivity index (χ4v) is 2.63. The predicted octanol–water partition coefficient (Wildman–Crippen LogP) is 5.09. The van der Waals surface area contributed by atoms with Crippen molar-refractivity contribution in [3.05, 3.63) is 59.4 Å². The quantitative estimate of drug-likeness (QED) is 0.517. The number of fused-ring (bicyclic) bond motifs is 3. The van der Waals surface area contributed by atoms with Crippen LogP contribution in [0.2, 0.25) is 0 Å². The van der Waals surface area contributed by atoms with E-state index in [2.05, 4.69) is 23.8 Å². The lowest BCUT2D eigenvalue weighted by Crippen LogP contribution is -1.94. The summed E-state index contributed by atoms with van der Waals surface area (Å²) in [5.74, 6) is 1.85. The highest BCUT2D eigenvalue weighted by Gasteiger charge is 2.16. The predicted molar refractivity (Wildman–Crippen MR) is 90.0 cm³/mol. The lowest BCUT2D eigenvalue weighted by molar-refractivity contribution is 0.454. The number of aromatic nitrogens is 2. The molecule has 2 aromatic carbocycles. The Balaban J connectivity index is 1.90. The first kappa shape index (κ1) is 13.8. The van der Waals surface area contributed by atoms with Crippen LogP contribution in [-0.2, 0) is 0 Å². The molecule has 2 heterocycles. The maximum Gasteiger partial charge on any atom is 0.267 e. The minimum atomic E-state index is 0.451. The van der Waals surface area contributed by atoms with Crippen LogP contribution in [0.15, 0.2) is 46.9 Å². The average molecular weight is 304 g/mol. The molecular formula is C19H16N2O2. The Morgan fingerprint density at radius 2 is 1.74 bits per heavy atom. The largest absolute Gasteiger partial charge is 0.449 e. The Labute approximate surface area is 133 Å². The van der Waals surface area contributed by atoms with Crippen molar-refractivity contribution in [1.29, 1.82) is 0 Å². The van der Waals surface area contributed by atoms with Crippen LogP contribution >= 0.6 is 0 Å². The fraction of sp³-hybridized carbons (Fsp3) is 0.158. The van der Waals surface area contributed by atoms with Gasteiger partial charge in [0.2, 0.25) is 5.58 Å². The summed E-state index contributed by atoms with van der Waals surface area (Å²) in [4.78, 5) is 8.93. The summed E-state index contributed by atoms with van der Waals surface area (Å²) in [6, 6.07) is 13.8. The Morgan fingerprint density at radius 3 is 2.57 bits per heavy atom. The molecule has 4 rings (SSSR count). The molecular weight excluding hydrogens is 288 g/mol. The van der Waals surface area contributed by atoms with E-state index in [0.717, 1.165) is 22.2 Å². The highest BCUT2D eigenvalue weighted by molar-refractivity contribution is 6.03. The SMILES string of the molecule is Cc1nc(Oc2ccc(C)c(C)c2)c2oc3ccccc3c2n1. The van der Waals surface area contributed by atoms with Crippen LogP contribution < -0.4 is 4.74 Å². The zero-order valence-electron chi connectivity index (χ0n) is 13.3. The minimum absolute atomic E-state index is 0.451. The number of hydrogen-bond donors (Lipinski definition) is 0. The van der Waals surface area contributed by atoms with E-state index in [1.54, 1.807) is 0 Å². The van der Waals surface area contributed by atoms with Crippen LogP contribution in [-0.4, -0.2) is 9.97 Å². The Hall–Kier alpha value is -2.88. The second-order valence-corrected chi connectivity index (χ2v) is 5.70. The van der Waals surface area contributed by atoms with Crippen molar-refractivity contribution in [2.24, 2.45) is 0 Å². The summed E-state index contributed by atoms with van der Waals surface area (Å²) in [6.07, 6.45) is 0. The van der Waals surface area contributed by atoms with E-state index >= 15 is 0 Å². The molecule has 0 bridgehead atoms. The summed E-state index contributed by atoms with van der Waals surface area (Å²) >= 11 is 0. The van der Waals surface area contributed by atoms with Crippen LogP contribution in [0.5, 0.6) is 11.6 Å². The fourth-order valence-electron chi connectivity index (χ4n) is 2.63. The van der Waals surface area contributed by atoms with Gasteiger partial charge in [0.25, 0.3) is 5.88 Å². The van der Waals surface area contributed by atoms with Crippen molar-refractivity contribution in [3.8, 4) is 11.6 Å². The van der Waals surface area contributed by atoms with Gasteiger partial charge in [0, 0.05) is 5.39 Å². The van der Waals surface area contributed by atoms with Gasteiger partial charge in [-0.2, -0.15) is 4.98 Å². The summed E-state index contributed by atoms with van der Waals surface area (Å²) in [7, 11) is 0. The number of furan rings is 1. The van der Waals surface area contributed by atoms with Gasteiger partial charge in [-0.25, -0.2) is 4.98 Å². The maximum atomic E-state index is 5.99. The molecule has 114 valence electrons. The first-order valence-electron chi connectivity index (χ1n) is 7.53. The highest BCUT2D eigenvalue weighted by Crippen LogP contribution is 2.34. The van der Waals surface area contributed by atoms with Crippen molar-refractivity contribution in [2.45, 2.75) is 20.8 Å². The molecule has 0 spiro atoms. The van der Waals surface area contributed by atoms with Gasteiger partial charge in [0.05, 0.1) is 0 Å². The van der Waals surface area contributed by atoms with Crippen LogP contribution in [0, 0.1) is 20.8 Å². The van der Waals surface area contributed by atoms with Gasteiger partial charge < -0.3 is 9.15 Å². The summed E-state index contributed by atoms with van der Waals surface area (Å²) in [6.45, 7) is 5.99. The van der Waals surface area contributed by atoms with Gasteiger partial charge >= 0.3 is 0 Å². The molecule has 0 aliphatic rings. The minimum Gasteiger partial charge on any atom is -0.449 e. The standard InChI is InChI=1S/C19H16N2O2/c1-11-8-9-14(10-12(11)2)22-19-18-17(20-13(3)21-19)15-6-4-5-7-16(15)23-18/h4-10H,1-3H3. The lowest BCUT2D eigenvalue weighted by atomic mass is 10.1. The first-order chi connectivity index (χ1) is 11.1. The molecule has 0 saturated heterocycles. The Kier molecular flexibility index (Phi) is 3.05. The number of para-hydroxylation sites is 1.